The number of para-hydroxylation sites is 2. The van der Waals surface area contributed by atoms with E-state index < -0.39 is 0 Å². The van der Waals surface area contributed by atoms with Crippen LogP contribution in [0.2, 0.25) is 0 Å². The molecule has 0 radical (unpaired) electrons. The molecule has 3 rings (SSSR count). The van der Waals surface area contributed by atoms with E-state index in [0.29, 0.717) is 19.0 Å². The average Bonchev–Trinajstić information content (AvgIpc) is 3.08. The van der Waals surface area contributed by atoms with Crippen molar-refractivity contribution in [2.75, 3.05) is 19.6 Å². The van der Waals surface area contributed by atoms with Crippen molar-refractivity contribution in [2.24, 2.45) is 5.92 Å². The first-order valence-corrected chi connectivity index (χ1v) is 11.2. The summed E-state index contributed by atoms with van der Waals surface area (Å²) in [5.41, 5.74) is 1.98. The minimum Gasteiger partial charge on any atom is -0.353 e. The molecule has 0 unspecified atom stereocenters. The van der Waals surface area contributed by atoms with E-state index in [9.17, 15) is 9.59 Å². The summed E-state index contributed by atoms with van der Waals surface area (Å²) >= 11 is 0. The van der Waals surface area contributed by atoms with Gasteiger partial charge in [-0.05, 0) is 56.7 Å². The Morgan fingerprint density at radius 1 is 1.17 bits per heavy atom. The molecule has 0 aliphatic carbocycles. The molecule has 6 nitrogen and oxygen atoms in total. The summed E-state index contributed by atoms with van der Waals surface area (Å²) in [4.78, 5) is 31.2. The number of rotatable bonds is 9. The zero-order valence-corrected chi connectivity index (χ0v) is 18.3. The second kappa shape index (κ2) is 11.0. The van der Waals surface area contributed by atoms with Crippen LogP contribution in [0.25, 0.3) is 11.0 Å². The van der Waals surface area contributed by atoms with E-state index in [1.165, 1.54) is 0 Å². The molecule has 0 bridgehead atoms. The lowest BCUT2D eigenvalue weighted by molar-refractivity contribution is -0.133. The summed E-state index contributed by atoms with van der Waals surface area (Å²) in [5, 5.41) is 2.88. The second-order valence-electron chi connectivity index (χ2n) is 8.27. The number of hydrogen-bond acceptors (Lipinski definition) is 3. The van der Waals surface area contributed by atoms with Crippen LogP contribution in [-0.2, 0) is 22.6 Å². The number of carbonyl (C=O) groups excluding carboxylic acids is 2. The normalized spacial score (nSPS) is 15.2. The van der Waals surface area contributed by atoms with Crippen molar-refractivity contribution in [2.45, 2.75) is 58.9 Å². The maximum absolute atomic E-state index is 12.9. The van der Waals surface area contributed by atoms with Gasteiger partial charge in [-0.3, -0.25) is 9.59 Å². The lowest BCUT2D eigenvalue weighted by Gasteiger charge is -2.30. The Bertz CT molecular complexity index is 878. The van der Waals surface area contributed by atoms with Crippen LogP contribution in [0.5, 0.6) is 0 Å². The fraction of sp³-hybridized carbons (Fsp3) is 0.542. The first-order valence-electron chi connectivity index (χ1n) is 11.2. The van der Waals surface area contributed by atoms with Crippen LogP contribution in [0.3, 0.4) is 0 Å². The van der Waals surface area contributed by atoms with Crippen molar-refractivity contribution in [3.05, 3.63) is 42.2 Å². The highest BCUT2D eigenvalue weighted by molar-refractivity contribution is 5.87. The van der Waals surface area contributed by atoms with E-state index in [0.717, 1.165) is 68.5 Å². The molecule has 2 heterocycles. The van der Waals surface area contributed by atoms with Gasteiger partial charge in [0.1, 0.15) is 12.4 Å². The first kappa shape index (κ1) is 22.1. The van der Waals surface area contributed by atoms with Crippen LogP contribution in [0.4, 0.5) is 0 Å². The smallest absolute Gasteiger partial charge is 0.243 e. The number of allylic oxidation sites excluding steroid dienone is 1. The maximum Gasteiger partial charge on any atom is 0.243 e. The highest BCUT2D eigenvalue weighted by atomic mass is 16.2. The van der Waals surface area contributed by atoms with Crippen LogP contribution in [-0.4, -0.2) is 45.9 Å². The molecular formula is C24H34N4O2. The van der Waals surface area contributed by atoms with Gasteiger partial charge in [0, 0.05) is 26.1 Å². The van der Waals surface area contributed by atoms with E-state index in [4.69, 9.17) is 4.98 Å². The van der Waals surface area contributed by atoms with E-state index in [1.54, 1.807) is 12.2 Å². The molecule has 1 N–H and O–H groups in total. The molecule has 1 fully saturated rings. The number of amides is 2. The van der Waals surface area contributed by atoms with Crippen molar-refractivity contribution in [1.29, 1.82) is 0 Å². The molecule has 1 aliphatic rings. The molecular weight excluding hydrogens is 376 g/mol. The van der Waals surface area contributed by atoms with E-state index >= 15 is 0 Å². The van der Waals surface area contributed by atoms with Gasteiger partial charge in [0.2, 0.25) is 11.8 Å². The highest BCUT2D eigenvalue weighted by Crippen LogP contribution is 2.20. The summed E-state index contributed by atoms with van der Waals surface area (Å²) in [6, 6.07) is 8.06. The molecule has 6 heteroatoms. The second-order valence-corrected chi connectivity index (χ2v) is 8.27. The van der Waals surface area contributed by atoms with E-state index in [2.05, 4.69) is 16.8 Å². The lowest BCUT2D eigenvalue weighted by atomic mass is 9.99. The van der Waals surface area contributed by atoms with Gasteiger partial charge < -0.3 is 14.8 Å². The summed E-state index contributed by atoms with van der Waals surface area (Å²) in [5.74, 6) is 1.84. The van der Waals surface area contributed by atoms with Gasteiger partial charge in [-0.1, -0.05) is 31.6 Å². The Morgan fingerprint density at radius 2 is 1.93 bits per heavy atom. The van der Waals surface area contributed by atoms with Crippen LogP contribution in [0, 0.1) is 5.92 Å². The van der Waals surface area contributed by atoms with Gasteiger partial charge in [-0.25, -0.2) is 4.98 Å². The minimum absolute atomic E-state index is 0.0371. The number of fused-ring (bicyclic) bond motifs is 1. The molecule has 0 atom stereocenters. The number of nitrogens with one attached hydrogen (secondary N) is 1. The Balaban J connectivity index is 1.58. The molecule has 1 saturated heterocycles. The Hall–Kier alpha value is -2.63. The number of benzene rings is 1. The molecule has 1 aromatic heterocycles. The average molecular weight is 411 g/mol. The number of imidazole rings is 1. The summed E-state index contributed by atoms with van der Waals surface area (Å²) in [7, 11) is 0. The Labute approximate surface area is 179 Å². The van der Waals surface area contributed by atoms with Crippen molar-refractivity contribution >= 4 is 22.8 Å². The zero-order chi connectivity index (χ0) is 21.3. The SMILES string of the molecule is C/C=C/C(=O)NCCCCCc1nc2ccccc2n1CC(=O)N1CCC(C)CC1. The molecule has 2 aromatic rings. The van der Waals surface area contributed by atoms with Gasteiger partial charge in [-0.2, -0.15) is 0 Å². The summed E-state index contributed by atoms with van der Waals surface area (Å²) in [6.45, 7) is 6.87. The van der Waals surface area contributed by atoms with E-state index in [-0.39, 0.29) is 11.8 Å². The predicted molar refractivity (Wildman–Crippen MR) is 120 cm³/mol. The number of aromatic nitrogens is 2. The van der Waals surface area contributed by atoms with Crippen molar-refractivity contribution in [3.63, 3.8) is 0 Å². The summed E-state index contributed by atoms with van der Waals surface area (Å²) in [6.07, 6.45) is 9.24. The molecule has 0 saturated carbocycles. The van der Waals surface area contributed by atoms with Crippen LogP contribution in [0.15, 0.2) is 36.4 Å². The summed E-state index contributed by atoms with van der Waals surface area (Å²) < 4.78 is 2.10. The lowest BCUT2D eigenvalue weighted by Crippen LogP contribution is -2.39. The first-order chi connectivity index (χ1) is 14.6. The third kappa shape index (κ3) is 5.94. The van der Waals surface area contributed by atoms with Crippen molar-refractivity contribution in [3.8, 4) is 0 Å². The van der Waals surface area contributed by atoms with Crippen molar-refractivity contribution in [1.82, 2.24) is 19.8 Å². The van der Waals surface area contributed by atoms with Gasteiger partial charge in [0.15, 0.2) is 0 Å². The fourth-order valence-electron chi connectivity index (χ4n) is 3.99. The van der Waals surface area contributed by atoms with Crippen LogP contribution < -0.4 is 5.32 Å². The number of piperidine rings is 1. The maximum atomic E-state index is 12.9. The third-order valence-corrected chi connectivity index (χ3v) is 5.86. The number of aryl methyl sites for hydroxylation is 1. The Kier molecular flexibility index (Phi) is 8.05. The van der Waals surface area contributed by atoms with Gasteiger partial charge >= 0.3 is 0 Å². The topological polar surface area (TPSA) is 67.2 Å². The fourth-order valence-corrected chi connectivity index (χ4v) is 3.99. The number of likely N-dealkylation sites (tertiary alicyclic amines) is 1. The molecule has 0 spiro atoms. The van der Waals surface area contributed by atoms with Gasteiger partial charge in [-0.15, -0.1) is 0 Å². The number of nitrogens with zero attached hydrogens (tertiary/aromatic N) is 3. The quantitative estimate of drug-likeness (QED) is 0.506. The van der Waals surface area contributed by atoms with Crippen molar-refractivity contribution < 1.29 is 9.59 Å². The molecule has 30 heavy (non-hydrogen) atoms. The number of unbranched alkanes of at least 4 members (excludes halogenated alkanes) is 2. The largest absolute Gasteiger partial charge is 0.353 e. The van der Waals surface area contributed by atoms with Crippen LogP contribution >= 0.6 is 0 Å². The van der Waals surface area contributed by atoms with Gasteiger partial charge in [0.25, 0.3) is 0 Å². The number of hydrogen-bond donors (Lipinski definition) is 1. The standard InChI is InChI=1S/C24H34N4O2/c1-3-9-23(29)25-15-8-4-5-12-22-26-20-10-6-7-11-21(20)28(22)18-24(30)27-16-13-19(2)14-17-27/h3,6-7,9-11,19H,4-5,8,12-18H2,1-2H3,(H,25,29)/b9-3+. The van der Waals surface area contributed by atoms with Gasteiger partial charge in [0.05, 0.1) is 11.0 Å². The molecule has 162 valence electrons. The van der Waals surface area contributed by atoms with E-state index in [1.807, 2.05) is 36.1 Å². The monoisotopic (exact) mass is 410 g/mol. The highest BCUT2D eigenvalue weighted by Gasteiger charge is 2.22. The zero-order valence-electron chi connectivity index (χ0n) is 18.3. The Morgan fingerprint density at radius 3 is 2.70 bits per heavy atom. The molecule has 1 aromatic carbocycles. The van der Waals surface area contributed by atoms with Crippen LogP contribution in [0.1, 0.15) is 51.8 Å². The number of carbonyl (C=O) groups is 2. The molecule has 1 aliphatic heterocycles. The predicted octanol–water partition coefficient (Wildman–Crippen LogP) is 3.70. The minimum atomic E-state index is -0.0371. The third-order valence-electron chi connectivity index (χ3n) is 5.86. The molecule has 2 amide bonds.